The Balaban J connectivity index is -0.00000000500. The second kappa shape index (κ2) is 20.2. The van der Waals surface area contributed by atoms with Gasteiger partial charge in [0.1, 0.15) is 0 Å². The fourth-order valence-corrected chi connectivity index (χ4v) is 0. The zero-order valence-electron chi connectivity index (χ0n) is 2.26. The van der Waals surface area contributed by atoms with Crippen LogP contribution in [0.25, 0.3) is 0 Å². The minimum absolute atomic E-state index is 0. The van der Waals surface area contributed by atoms with Gasteiger partial charge in [0.15, 0.2) is 0 Å². The summed E-state index contributed by atoms with van der Waals surface area (Å²) in [5.41, 5.74) is 0. The van der Waals surface area contributed by atoms with E-state index in [-0.39, 0.29) is 66.7 Å². The average molecular weight is 284 g/mol. The molecule has 0 aromatic rings. The van der Waals surface area contributed by atoms with E-state index in [4.69, 9.17) is 2.81 Å². The van der Waals surface area contributed by atoms with E-state index in [2.05, 4.69) is 0 Å². The van der Waals surface area contributed by atoms with E-state index in [0.717, 1.165) is 0 Å². The summed E-state index contributed by atoms with van der Waals surface area (Å²) in [6.07, 6.45) is 0. The second-order valence-electron chi connectivity index (χ2n) is 0. The molecule has 0 aliphatic carbocycles. The number of hydrogen-bond donors (Lipinski definition) is 0. The van der Waals surface area contributed by atoms with E-state index in [1.165, 1.54) is 0 Å². The molecule has 0 fully saturated rings. The van der Waals surface area contributed by atoms with Crippen LogP contribution >= 0.6 is 12.4 Å². The molecule has 4 heavy (non-hydrogen) atoms. The molecule has 0 saturated heterocycles. The number of hydrogen-bond acceptors (Lipinski definition) is 1. The van der Waals surface area contributed by atoms with Crippen molar-refractivity contribution in [1.29, 1.82) is 0 Å². The molecule has 2 radical (unpaired) electrons. The van der Waals surface area contributed by atoms with E-state index in [9.17, 15) is 0 Å². The first kappa shape index (κ1) is 16.7. The Morgan fingerprint density at radius 1 is 1.25 bits per heavy atom. The maximum absolute atomic E-state index is 8.36. The van der Waals surface area contributed by atoms with Gasteiger partial charge in [0.05, 0.1) is 0 Å². The summed E-state index contributed by atoms with van der Waals surface area (Å²) in [6, 6.07) is 0. The summed E-state index contributed by atoms with van der Waals surface area (Å²) >= 11 is 0.194. The second-order valence-corrected chi connectivity index (χ2v) is 0. The summed E-state index contributed by atoms with van der Waals surface area (Å²) in [7, 11) is 0. The van der Waals surface area contributed by atoms with Crippen molar-refractivity contribution >= 4 is 66.7 Å². The predicted octanol–water partition coefficient (Wildman–Crippen LogP) is -0.459. The quantitative estimate of drug-likeness (QED) is 0.550. The van der Waals surface area contributed by atoms with Gasteiger partial charge < -0.3 is 0 Å². The van der Waals surface area contributed by atoms with Crippen LogP contribution in [0.5, 0.6) is 0 Å². The van der Waals surface area contributed by atoms with Gasteiger partial charge in [-0.3, -0.25) is 0 Å². The molecule has 0 bridgehead atoms. The summed E-state index contributed by atoms with van der Waals surface area (Å²) in [5, 5.41) is 0. The molecule has 1 nitrogen and oxygen atoms in total. The van der Waals surface area contributed by atoms with Gasteiger partial charge in [-0.2, -0.15) is 0 Å². The van der Waals surface area contributed by atoms with E-state index < -0.39 is 0 Å². The SMILES string of the molecule is Cl.[Na].[O]=[Bi]. The van der Waals surface area contributed by atoms with Gasteiger partial charge in [0, 0.05) is 29.6 Å². The Kier molecular flexibility index (Phi) is 84.2. The first-order valence-corrected chi connectivity index (χ1v) is 1.60. The molecular weight excluding hydrogens is 283 g/mol. The van der Waals surface area contributed by atoms with Crippen LogP contribution in [0.2, 0.25) is 0 Å². The average Bonchev–Trinajstić information content (AvgIpc) is 1.00. The fourth-order valence-electron chi connectivity index (χ4n) is 0. The van der Waals surface area contributed by atoms with Crippen molar-refractivity contribution in [2.45, 2.75) is 0 Å². The Hall–Kier alpha value is 1.97. The van der Waals surface area contributed by atoms with Crippen LogP contribution in [0.15, 0.2) is 0 Å². The van der Waals surface area contributed by atoms with Crippen molar-refractivity contribution in [3.8, 4) is 0 Å². The molecule has 20 valence electrons. The van der Waals surface area contributed by atoms with E-state index in [1.807, 2.05) is 0 Å². The molecule has 0 aliphatic heterocycles. The first-order chi connectivity index (χ1) is 1.00. The molecule has 4 heteroatoms. The molecule has 0 saturated carbocycles. The van der Waals surface area contributed by atoms with Crippen LogP contribution in [-0.2, 0) is 2.81 Å². The molecule has 0 aromatic carbocycles. The maximum atomic E-state index is 8.36. The summed E-state index contributed by atoms with van der Waals surface area (Å²) < 4.78 is 8.36. The molecule has 0 aromatic heterocycles. The van der Waals surface area contributed by atoms with Crippen molar-refractivity contribution in [2.75, 3.05) is 0 Å². The van der Waals surface area contributed by atoms with Crippen molar-refractivity contribution in [2.24, 2.45) is 0 Å². The summed E-state index contributed by atoms with van der Waals surface area (Å²) in [4.78, 5) is 0. The van der Waals surface area contributed by atoms with Crippen LogP contribution in [0.3, 0.4) is 0 Å². The third kappa shape index (κ3) is 9.02. The molecule has 0 amide bonds. The van der Waals surface area contributed by atoms with E-state index >= 15 is 0 Å². The molecule has 0 aliphatic rings. The normalized spacial score (nSPS) is 1.00. The summed E-state index contributed by atoms with van der Waals surface area (Å²) in [6.45, 7) is 0. The van der Waals surface area contributed by atoms with Crippen molar-refractivity contribution in [1.82, 2.24) is 0 Å². The Labute approximate surface area is 68.5 Å². The monoisotopic (exact) mass is 284 g/mol. The molecule has 0 atom stereocenters. The van der Waals surface area contributed by atoms with Crippen LogP contribution in [-0.4, -0.2) is 54.3 Å². The Bertz CT molecular complexity index is 8.00. The molecule has 0 spiro atoms. The zero-order valence-corrected chi connectivity index (χ0v) is 8.56. The number of halogens is 1. The predicted molar refractivity (Wildman–Crippen MR) is 19.4 cm³/mol. The standard InChI is InChI=1S/Bi.ClH.Na.O/h;1H;;. The van der Waals surface area contributed by atoms with Crippen LogP contribution in [0.4, 0.5) is 0 Å². The van der Waals surface area contributed by atoms with Crippen molar-refractivity contribution in [3.05, 3.63) is 0 Å². The topological polar surface area (TPSA) is 17.1 Å². The third-order valence-corrected chi connectivity index (χ3v) is 0. The Morgan fingerprint density at radius 3 is 1.25 bits per heavy atom. The van der Waals surface area contributed by atoms with Gasteiger partial charge >= 0.3 is 27.5 Å². The van der Waals surface area contributed by atoms with Gasteiger partial charge in [-0.1, -0.05) is 0 Å². The molecule has 0 unspecified atom stereocenters. The molecular formula is HBiClNaO. The fraction of sp³-hybridized carbons (Fsp3) is 0. The van der Waals surface area contributed by atoms with Crippen molar-refractivity contribution < 1.29 is 2.81 Å². The Morgan fingerprint density at radius 2 is 1.25 bits per heavy atom. The van der Waals surface area contributed by atoms with Gasteiger partial charge in [-0.05, 0) is 0 Å². The van der Waals surface area contributed by atoms with Crippen LogP contribution in [0.1, 0.15) is 0 Å². The van der Waals surface area contributed by atoms with Crippen LogP contribution < -0.4 is 0 Å². The summed E-state index contributed by atoms with van der Waals surface area (Å²) in [5.74, 6) is 0. The number of rotatable bonds is 0. The van der Waals surface area contributed by atoms with E-state index in [0.29, 0.717) is 0 Å². The first-order valence-electron chi connectivity index (χ1n) is 0.183. The van der Waals surface area contributed by atoms with Crippen LogP contribution in [0, 0.1) is 0 Å². The van der Waals surface area contributed by atoms with Crippen molar-refractivity contribution in [3.63, 3.8) is 0 Å². The van der Waals surface area contributed by atoms with Gasteiger partial charge in [0.2, 0.25) is 0 Å². The molecule has 0 rings (SSSR count). The minimum atomic E-state index is 0. The van der Waals surface area contributed by atoms with E-state index in [1.54, 1.807) is 0 Å². The van der Waals surface area contributed by atoms with Gasteiger partial charge in [-0.15, -0.1) is 12.4 Å². The third-order valence-electron chi connectivity index (χ3n) is 0. The molecule has 0 heterocycles. The molecule has 0 N–H and O–H groups in total. The van der Waals surface area contributed by atoms with Gasteiger partial charge in [-0.25, -0.2) is 0 Å². The van der Waals surface area contributed by atoms with Gasteiger partial charge in [0.25, 0.3) is 0 Å². The zero-order chi connectivity index (χ0) is 2.00.